The Morgan fingerprint density at radius 3 is 2.53 bits per heavy atom. The van der Waals surface area contributed by atoms with Gasteiger partial charge in [0.15, 0.2) is 0 Å². The minimum Gasteiger partial charge on any atom is -0.399 e. The maximum Gasteiger partial charge on any atom is 0.142 e. The van der Waals surface area contributed by atoms with Crippen molar-refractivity contribution in [2.45, 2.75) is 26.2 Å². The van der Waals surface area contributed by atoms with Gasteiger partial charge in [0.1, 0.15) is 7.85 Å². The van der Waals surface area contributed by atoms with E-state index in [1.807, 2.05) is 12.1 Å². The van der Waals surface area contributed by atoms with E-state index in [-0.39, 0.29) is 5.41 Å². The molecule has 0 fully saturated rings. The number of fused-ring (bicyclic) bond motifs is 1. The maximum atomic E-state index is 5.89. The fourth-order valence-corrected chi connectivity index (χ4v) is 1.77. The highest BCUT2D eigenvalue weighted by Crippen LogP contribution is 2.25. The second kappa shape index (κ2) is 3.06. The van der Waals surface area contributed by atoms with Gasteiger partial charge in [0.25, 0.3) is 0 Å². The average Bonchev–Trinajstić information content (AvgIpc) is 2.55. The van der Waals surface area contributed by atoms with Crippen molar-refractivity contribution in [1.82, 2.24) is 4.98 Å². The molecule has 1 aromatic carbocycles. The summed E-state index contributed by atoms with van der Waals surface area (Å²) in [6, 6.07) is 6.22. The molecule has 0 unspecified atom stereocenters. The number of benzene rings is 1. The summed E-state index contributed by atoms with van der Waals surface area (Å²) < 4.78 is 0. The molecular formula is C12H17BN2. The number of nitrogens with one attached hydrogen (secondary N) is 1. The van der Waals surface area contributed by atoms with Crippen LogP contribution in [0.4, 0.5) is 5.69 Å². The number of nitrogen functional groups attached to an aromatic ring is 1. The summed E-state index contributed by atoms with van der Waals surface area (Å²) >= 11 is 0. The van der Waals surface area contributed by atoms with E-state index in [4.69, 9.17) is 5.73 Å². The predicted octanol–water partition coefficient (Wildman–Crippen LogP) is 1.31. The Morgan fingerprint density at radius 1 is 1.27 bits per heavy atom. The SMILES string of the molecule is Bc1c(N)ccc2[nH]c(C(C)(C)C)cc12. The quantitative estimate of drug-likeness (QED) is 0.488. The summed E-state index contributed by atoms with van der Waals surface area (Å²) in [6.45, 7) is 6.61. The van der Waals surface area contributed by atoms with E-state index in [0.29, 0.717) is 0 Å². The minimum atomic E-state index is 0.153. The Kier molecular flexibility index (Phi) is 2.07. The van der Waals surface area contributed by atoms with Crippen LogP contribution in [-0.2, 0) is 5.41 Å². The Labute approximate surface area is 91.3 Å². The normalized spacial score (nSPS) is 12.2. The lowest BCUT2D eigenvalue weighted by molar-refractivity contribution is 0.574. The van der Waals surface area contributed by atoms with Crippen LogP contribution in [0.1, 0.15) is 26.5 Å². The molecule has 78 valence electrons. The lowest BCUT2D eigenvalue weighted by Gasteiger charge is -2.15. The minimum absolute atomic E-state index is 0.153. The Balaban J connectivity index is 2.72. The molecule has 2 rings (SSSR count). The molecule has 1 heterocycles. The van der Waals surface area contributed by atoms with E-state index < -0.39 is 0 Å². The first-order chi connectivity index (χ1) is 6.89. The van der Waals surface area contributed by atoms with E-state index in [1.165, 1.54) is 22.1 Å². The third-order valence-electron chi connectivity index (χ3n) is 2.92. The van der Waals surface area contributed by atoms with Crippen LogP contribution in [0.2, 0.25) is 0 Å². The van der Waals surface area contributed by atoms with Crippen molar-refractivity contribution in [1.29, 1.82) is 0 Å². The molecular weight excluding hydrogens is 183 g/mol. The Bertz CT molecular complexity index is 506. The van der Waals surface area contributed by atoms with E-state index in [9.17, 15) is 0 Å². The van der Waals surface area contributed by atoms with Gasteiger partial charge in [-0.2, -0.15) is 0 Å². The number of aromatic amines is 1. The van der Waals surface area contributed by atoms with E-state index in [2.05, 4.69) is 39.7 Å². The molecule has 0 aliphatic heterocycles. The van der Waals surface area contributed by atoms with E-state index >= 15 is 0 Å². The smallest absolute Gasteiger partial charge is 0.142 e. The molecule has 15 heavy (non-hydrogen) atoms. The van der Waals surface area contributed by atoms with Crippen molar-refractivity contribution < 1.29 is 0 Å². The monoisotopic (exact) mass is 200 g/mol. The van der Waals surface area contributed by atoms with Crippen molar-refractivity contribution in [2.75, 3.05) is 5.73 Å². The summed E-state index contributed by atoms with van der Waals surface area (Å²) in [5.74, 6) is 0. The summed E-state index contributed by atoms with van der Waals surface area (Å²) in [4.78, 5) is 3.45. The zero-order valence-electron chi connectivity index (χ0n) is 9.81. The number of aromatic nitrogens is 1. The molecule has 0 saturated carbocycles. The summed E-state index contributed by atoms with van der Waals surface area (Å²) in [6.07, 6.45) is 0. The highest BCUT2D eigenvalue weighted by Gasteiger charge is 2.16. The fourth-order valence-electron chi connectivity index (χ4n) is 1.77. The number of nitrogens with two attached hydrogens (primary N) is 1. The first kappa shape index (κ1) is 10.2. The van der Waals surface area contributed by atoms with Gasteiger partial charge < -0.3 is 10.7 Å². The van der Waals surface area contributed by atoms with Gasteiger partial charge in [-0.15, -0.1) is 0 Å². The van der Waals surface area contributed by atoms with Crippen molar-refractivity contribution in [2.24, 2.45) is 0 Å². The highest BCUT2D eigenvalue weighted by molar-refractivity contribution is 6.42. The van der Waals surface area contributed by atoms with Gasteiger partial charge in [-0.3, -0.25) is 0 Å². The number of H-pyrrole nitrogens is 1. The molecule has 2 aromatic rings. The lowest BCUT2D eigenvalue weighted by Crippen LogP contribution is -2.11. The van der Waals surface area contributed by atoms with Gasteiger partial charge in [0.2, 0.25) is 0 Å². The molecule has 3 heteroatoms. The topological polar surface area (TPSA) is 41.8 Å². The van der Waals surface area contributed by atoms with Gasteiger partial charge in [0, 0.05) is 22.3 Å². The highest BCUT2D eigenvalue weighted by atomic mass is 14.7. The molecule has 3 N–H and O–H groups in total. The van der Waals surface area contributed by atoms with Crippen LogP contribution < -0.4 is 11.2 Å². The second-order valence-electron chi connectivity index (χ2n) is 5.17. The van der Waals surface area contributed by atoms with Crippen molar-refractivity contribution >= 4 is 29.9 Å². The Morgan fingerprint density at radius 2 is 1.93 bits per heavy atom. The standard InChI is InChI=1S/C12H17BN2/c1-12(2,3)10-6-7-9(15-10)5-4-8(14)11(7)13/h4-6,15H,13-14H2,1-3H3. The number of rotatable bonds is 0. The summed E-state index contributed by atoms with van der Waals surface area (Å²) in [5.41, 5.74) is 10.5. The van der Waals surface area contributed by atoms with Crippen LogP contribution in [0.25, 0.3) is 10.9 Å². The predicted molar refractivity (Wildman–Crippen MR) is 69.6 cm³/mol. The van der Waals surface area contributed by atoms with Crippen molar-refractivity contribution in [3.63, 3.8) is 0 Å². The molecule has 2 nitrogen and oxygen atoms in total. The van der Waals surface area contributed by atoms with Crippen LogP contribution >= 0.6 is 0 Å². The van der Waals surface area contributed by atoms with Gasteiger partial charge >= 0.3 is 0 Å². The molecule has 0 aliphatic rings. The zero-order chi connectivity index (χ0) is 11.2. The van der Waals surface area contributed by atoms with Crippen molar-refractivity contribution in [3.05, 3.63) is 23.9 Å². The van der Waals surface area contributed by atoms with Gasteiger partial charge in [0.05, 0.1) is 0 Å². The maximum absolute atomic E-state index is 5.89. The van der Waals surface area contributed by atoms with Crippen LogP contribution in [-0.4, -0.2) is 12.8 Å². The van der Waals surface area contributed by atoms with Gasteiger partial charge in [-0.05, 0) is 23.6 Å². The number of hydrogen-bond donors (Lipinski definition) is 2. The molecule has 1 aromatic heterocycles. The first-order valence-corrected chi connectivity index (χ1v) is 5.28. The van der Waals surface area contributed by atoms with E-state index in [1.54, 1.807) is 0 Å². The molecule has 0 saturated heterocycles. The zero-order valence-corrected chi connectivity index (χ0v) is 9.81. The van der Waals surface area contributed by atoms with Crippen molar-refractivity contribution in [3.8, 4) is 0 Å². The summed E-state index contributed by atoms with van der Waals surface area (Å²) in [7, 11) is 2.07. The van der Waals surface area contributed by atoms with Crippen LogP contribution in [0.15, 0.2) is 18.2 Å². The van der Waals surface area contributed by atoms with E-state index in [0.717, 1.165) is 5.69 Å². The number of anilines is 1. The molecule has 0 amide bonds. The van der Waals surface area contributed by atoms with Crippen LogP contribution in [0, 0.1) is 0 Å². The van der Waals surface area contributed by atoms with Crippen LogP contribution in [0.3, 0.4) is 0 Å². The second-order valence-corrected chi connectivity index (χ2v) is 5.17. The largest absolute Gasteiger partial charge is 0.399 e. The number of hydrogen-bond acceptors (Lipinski definition) is 1. The molecule has 0 aliphatic carbocycles. The first-order valence-electron chi connectivity index (χ1n) is 5.28. The lowest BCUT2D eigenvalue weighted by atomic mass is 9.88. The van der Waals surface area contributed by atoms with Crippen LogP contribution in [0.5, 0.6) is 0 Å². The fraction of sp³-hybridized carbons (Fsp3) is 0.333. The molecule has 0 bridgehead atoms. The molecule has 0 atom stereocenters. The average molecular weight is 200 g/mol. The third-order valence-corrected chi connectivity index (χ3v) is 2.92. The Hall–Kier alpha value is -1.38. The van der Waals surface area contributed by atoms with Gasteiger partial charge in [-0.1, -0.05) is 26.2 Å². The summed E-state index contributed by atoms with van der Waals surface area (Å²) in [5, 5.41) is 1.24. The molecule has 0 radical (unpaired) electrons. The molecule has 0 spiro atoms. The van der Waals surface area contributed by atoms with Gasteiger partial charge in [-0.25, -0.2) is 0 Å². The third kappa shape index (κ3) is 1.62.